The highest BCUT2D eigenvalue weighted by atomic mass is 16.1. The Bertz CT molecular complexity index is 493. The highest BCUT2D eigenvalue weighted by molar-refractivity contribution is 5.93. The molecule has 0 unspecified atom stereocenters. The van der Waals surface area contributed by atoms with Gasteiger partial charge in [-0.25, -0.2) is 0 Å². The van der Waals surface area contributed by atoms with Gasteiger partial charge in [-0.15, -0.1) is 0 Å². The molecular formula is C12H14N4O. The van der Waals surface area contributed by atoms with Gasteiger partial charge < -0.3 is 11.1 Å². The Balaban J connectivity index is 1.87. The number of carbonyl (C=O) groups excluding carboxylic acids is 1. The average molecular weight is 230 g/mol. The van der Waals surface area contributed by atoms with Gasteiger partial charge in [0.1, 0.15) is 0 Å². The van der Waals surface area contributed by atoms with Crippen LogP contribution in [-0.4, -0.2) is 15.7 Å². The summed E-state index contributed by atoms with van der Waals surface area (Å²) in [4.78, 5) is 11.7. The number of aryl methyl sites for hydroxylation is 1. The van der Waals surface area contributed by atoms with Gasteiger partial charge in [-0.1, -0.05) is 12.1 Å². The highest BCUT2D eigenvalue weighted by Gasteiger charge is 2.04. The summed E-state index contributed by atoms with van der Waals surface area (Å²) in [7, 11) is 0. The number of para-hydroxylation sites is 2. The minimum Gasteiger partial charge on any atom is -0.397 e. The molecule has 1 heterocycles. The van der Waals surface area contributed by atoms with Gasteiger partial charge >= 0.3 is 0 Å². The first-order valence-electron chi connectivity index (χ1n) is 5.37. The van der Waals surface area contributed by atoms with Gasteiger partial charge in [-0.05, 0) is 18.2 Å². The average Bonchev–Trinajstić information content (AvgIpc) is 2.82. The van der Waals surface area contributed by atoms with E-state index in [9.17, 15) is 4.79 Å². The van der Waals surface area contributed by atoms with Crippen LogP contribution in [0.2, 0.25) is 0 Å². The Labute approximate surface area is 99.2 Å². The molecular weight excluding hydrogens is 216 g/mol. The van der Waals surface area contributed by atoms with E-state index in [0.717, 1.165) is 0 Å². The van der Waals surface area contributed by atoms with Crippen LogP contribution in [0.5, 0.6) is 0 Å². The number of benzene rings is 1. The van der Waals surface area contributed by atoms with Crippen molar-refractivity contribution in [2.45, 2.75) is 13.0 Å². The highest BCUT2D eigenvalue weighted by Crippen LogP contribution is 2.16. The molecule has 2 rings (SSSR count). The summed E-state index contributed by atoms with van der Waals surface area (Å²) < 4.78 is 1.72. The van der Waals surface area contributed by atoms with Crippen molar-refractivity contribution in [3.8, 4) is 0 Å². The van der Waals surface area contributed by atoms with E-state index in [-0.39, 0.29) is 5.91 Å². The molecule has 0 saturated heterocycles. The lowest BCUT2D eigenvalue weighted by Crippen LogP contribution is -2.15. The number of amides is 1. The fourth-order valence-corrected chi connectivity index (χ4v) is 1.47. The number of rotatable bonds is 4. The van der Waals surface area contributed by atoms with Crippen molar-refractivity contribution in [2.24, 2.45) is 0 Å². The molecule has 17 heavy (non-hydrogen) atoms. The van der Waals surface area contributed by atoms with Crippen LogP contribution in [0.4, 0.5) is 11.4 Å². The third-order valence-electron chi connectivity index (χ3n) is 2.36. The molecule has 0 aliphatic rings. The van der Waals surface area contributed by atoms with E-state index in [1.807, 2.05) is 24.4 Å². The number of carbonyl (C=O) groups is 1. The molecule has 0 atom stereocenters. The SMILES string of the molecule is Nc1ccccc1NC(=O)CCn1cccn1. The van der Waals surface area contributed by atoms with Crippen LogP contribution in [-0.2, 0) is 11.3 Å². The van der Waals surface area contributed by atoms with E-state index in [0.29, 0.717) is 24.3 Å². The summed E-state index contributed by atoms with van der Waals surface area (Å²) in [5, 5.41) is 6.79. The Morgan fingerprint density at radius 1 is 1.35 bits per heavy atom. The van der Waals surface area contributed by atoms with Crippen molar-refractivity contribution >= 4 is 17.3 Å². The molecule has 5 heteroatoms. The molecule has 0 saturated carbocycles. The topological polar surface area (TPSA) is 72.9 Å². The van der Waals surface area contributed by atoms with Crippen molar-refractivity contribution in [3.63, 3.8) is 0 Å². The molecule has 0 aliphatic carbocycles. The van der Waals surface area contributed by atoms with Gasteiger partial charge in [-0.3, -0.25) is 9.48 Å². The number of hydrogen-bond donors (Lipinski definition) is 2. The first-order chi connectivity index (χ1) is 8.25. The Kier molecular flexibility index (Phi) is 3.40. The number of aromatic nitrogens is 2. The maximum Gasteiger partial charge on any atom is 0.226 e. The summed E-state index contributed by atoms with van der Waals surface area (Å²) in [6.45, 7) is 0.561. The largest absolute Gasteiger partial charge is 0.397 e. The van der Waals surface area contributed by atoms with Crippen LogP contribution in [0.1, 0.15) is 6.42 Å². The van der Waals surface area contributed by atoms with E-state index in [4.69, 9.17) is 5.73 Å². The number of hydrogen-bond acceptors (Lipinski definition) is 3. The van der Waals surface area contributed by atoms with Crippen LogP contribution in [0.25, 0.3) is 0 Å². The first kappa shape index (κ1) is 11.2. The van der Waals surface area contributed by atoms with Crippen molar-refractivity contribution in [2.75, 3.05) is 11.1 Å². The lowest BCUT2D eigenvalue weighted by atomic mass is 10.2. The van der Waals surface area contributed by atoms with E-state index >= 15 is 0 Å². The van der Waals surface area contributed by atoms with Gasteiger partial charge in [0.05, 0.1) is 11.4 Å². The number of nitrogens with zero attached hydrogens (tertiary/aromatic N) is 2. The molecule has 0 aliphatic heterocycles. The molecule has 1 aromatic carbocycles. The quantitative estimate of drug-likeness (QED) is 0.782. The third kappa shape index (κ3) is 3.07. The normalized spacial score (nSPS) is 10.1. The van der Waals surface area contributed by atoms with E-state index in [1.165, 1.54) is 0 Å². The molecule has 0 radical (unpaired) electrons. The second kappa shape index (κ2) is 5.16. The van der Waals surface area contributed by atoms with E-state index < -0.39 is 0 Å². The second-order valence-corrected chi connectivity index (χ2v) is 3.65. The molecule has 1 amide bonds. The lowest BCUT2D eigenvalue weighted by molar-refractivity contribution is -0.116. The van der Waals surface area contributed by atoms with Crippen LogP contribution >= 0.6 is 0 Å². The molecule has 2 aromatic rings. The van der Waals surface area contributed by atoms with Crippen LogP contribution < -0.4 is 11.1 Å². The van der Waals surface area contributed by atoms with Crippen LogP contribution in [0.3, 0.4) is 0 Å². The smallest absolute Gasteiger partial charge is 0.226 e. The molecule has 88 valence electrons. The molecule has 0 bridgehead atoms. The van der Waals surface area contributed by atoms with Crippen LogP contribution in [0.15, 0.2) is 42.7 Å². The standard InChI is InChI=1S/C12H14N4O/c13-10-4-1-2-5-11(10)15-12(17)6-9-16-8-3-7-14-16/h1-5,7-8H,6,9,13H2,(H,15,17). The minimum absolute atomic E-state index is 0.0709. The molecule has 1 aromatic heterocycles. The number of nitrogens with one attached hydrogen (secondary N) is 1. The van der Waals surface area contributed by atoms with Gasteiger partial charge in [0.25, 0.3) is 0 Å². The molecule has 3 N–H and O–H groups in total. The number of anilines is 2. The zero-order valence-electron chi connectivity index (χ0n) is 9.34. The summed E-state index contributed by atoms with van der Waals surface area (Å²) in [6, 6.07) is 9.02. The zero-order valence-corrected chi connectivity index (χ0v) is 9.34. The predicted molar refractivity (Wildman–Crippen MR) is 66.3 cm³/mol. The first-order valence-corrected chi connectivity index (χ1v) is 5.37. The molecule has 0 fully saturated rings. The van der Waals surface area contributed by atoms with E-state index in [1.54, 1.807) is 23.0 Å². The molecule has 5 nitrogen and oxygen atoms in total. The summed E-state index contributed by atoms with van der Waals surface area (Å²) in [6.07, 6.45) is 3.88. The third-order valence-corrected chi connectivity index (χ3v) is 2.36. The maximum absolute atomic E-state index is 11.7. The predicted octanol–water partition coefficient (Wildman–Crippen LogP) is 1.49. The van der Waals surface area contributed by atoms with Gasteiger partial charge in [-0.2, -0.15) is 5.10 Å². The second-order valence-electron chi connectivity index (χ2n) is 3.65. The lowest BCUT2D eigenvalue weighted by Gasteiger charge is -2.07. The van der Waals surface area contributed by atoms with Crippen molar-refractivity contribution < 1.29 is 4.79 Å². The summed E-state index contributed by atoms with van der Waals surface area (Å²) >= 11 is 0. The maximum atomic E-state index is 11.7. The van der Waals surface area contributed by atoms with Gasteiger partial charge in [0, 0.05) is 25.4 Å². The monoisotopic (exact) mass is 230 g/mol. The summed E-state index contributed by atoms with van der Waals surface area (Å²) in [5.41, 5.74) is 6.95. The molecule has 0 spiro atoms. The Morgan fingerprint density at radius 3 is 2.88 bits per heavy atom. The summed E-state index contributed by atoms with van der Waals surface area (Å²) in [5.74, 6) is -0.0709. The minimum atomic E-state index is -0.0709. The Morgan fingerprint density at radius 2 is 2.18 bits per heavy atom. The fraction of sp³-hybridized carbons (Fsp3) is 0.167. The van der Waals surface area contributed by atoms with Crippen molar-refractivity contribution in [1.29, 1.82) is 0 Å². The van der Waals surface area contributed by atoms with Gasteiger partial charge in [0.2, 0.25) is 5.91 Å². The fourth-order valence-electron chi connectivity index (χ4n) is 1.47. The zero-order chi connectivity index (χ0) is 12.1. The van der Waals surface area contributed by atoms with Crippen LogP contribution in [0, 0.1) is 0 Å². The number of nitrogen functional groups attached to an aromatic ring is 1. The van der Waals surface area contributed by atoms with E-state index in [2.05, 4.69) is 10.4 Å². The Hall–Kier alpha value is -2.30. The van der Waals surface area contributed by atoms with Crippen molar-refractivity contribution in [1.82, 2.24) is 9.78 Å². The van der Waals surface area contributed by atoms with Gasteiger partial charge in [0.15, 0.2) is 0 Å². The van der Waals surface area contributed by atoms with Crippen molar-refractivity contribution in [3.05, 3.63) is 42.7 Å². The number of nitrogens with two attached hydrogens (primary N) is 1.